The zero-order valence-corrected chi connectivity index (χ0v) is 14.2. The highest BCUT2D eigenvalue weighted by Crippen LogP contribution is 2.26. The number of carbonyl (C=O) groups is 1. The minimum absolute atomic E-state index is 0.247. The molecule has 26 heavy (non-hydrogen) atoms. The Morgan fingerprint density at radius 2 is 2.23 bits per heavy atom. The molecule has 2 heterocycles. The van der Waals surface area contributed by atoms with Crippen molar-refractivity contribution in [3.8, 4) is 0 Å². The van der Waals surface area contributed by atoms with Gasteiger partial charge in [-0.25, -0.2) is 9.37 Å². The van der Waals surface area contributed by atoms with Gasteiger partial charge in [-0.05, 0) is 24.3 Å². The number of amides is 1. The molecule has 0 aliphatic heterocycles. The van der Waals surface area contributed by atoms with E-state index in [4.69, 9.17) is 4.84 Å². The van der Waals surface area contributed by atoms with E-state index < -0.39 is 0 Å². The smallest absolute Gasteiger partial charge is 0.266 e. The number of para-hydroxylation sites is 1. The third-order valence-electron chi connectivity index (χ3n) is 3.68. The monoisotopic (exact) mass is 368 g/mol. The van der Waals surface area contributed by atoms with E-state index in [0.29, 0.717) is 15.3 Å². The van der Waals surface area contributed by atoms with Crippen molar-refractivity contribution in [2.75, 3.05) is 11.9 Å². The van der Waals surface area contributed by atoms with Crippen LogP contribution in [0.2, 0.25) is 0 Å². The molecule has 0 aliphatic carbocycles. The maximum atomic E-state index is 13.2. The molecule has 2 aromatic carbocycles. The van der Waals surface area contributed by atoms with E-state index in [1.54, 1.807) is 12.3 Å². The molecule has 0 unspecified atom stereocenters. The summed E-state index contributed by atoms with van der Waals surface area (Å²) >= 11 is 1.20. The van der Waals surface area contributed by atoms with Gasteiger partial charge in [-0.15, -0.1) is 0 Å². The van der Waals surface area contributed by atoms with Crippen molar-refractivity contribution in [2.45, 2.75) is 0 Å². The van der Waals surface area contributed by atoms with Gasteiger partial charge in [-0.1, -0.05) is 34.7 Å². The quantitative estimate of drug-likeness (QED) is 0.414. The second-order valence-corrected chi connectivity index (χ2v) is 6.51. The minimum atomic E-state index is -0.388. The third kappa shape index (κ3) is 3.40. The zero-order chi connectivity index (χ0) is 17.9. The molecule has 0 fully saturated rings. The van der Waals surface area contributed by atoms with Gasteiger partial charge in [0.1, 0.15) is 5.82 Å². The summed E-state index contributed by atoms with van der Waals surface area (Å²) in [6.45, 7) is -0.247. The average Bonchev–Trinajstić information content (AvgIpc) is 3.22. The van der Waals surface area contributed by atoms with Crippen LogP contribution in [-0.4, -0.2) is 28.7 Å². The highest BCUT2D eigenvalue weighted by molar-refractivity contribution is 7.22. The summed E-state index contributed by atoms with van der Waals surface area (Å²) in [5.41, 5.74) is 2.50. The van der Waals surface area contributed by atoms with E-state index in [9.17, 15) is 9.18 Å². The Bertz CT molecular complexity index is 1120. The van der Waals surface area contributed by atoms with Gasteiger partial charge < -0.3 is 9.82 Å². The summed E-state index contributed by atoms with van der Waals surface area (Å²) in [5.74, 6) is -0.727. The lowest BCUT2D eigenvalue weighted by Crippen LogP contribution is -2.16. The summed E-state index contributed by atoms with van der Waals surface area (Å²) < 4.78 is 13.8. The molecular weight excluding hydrogens is 355 g/mol. The van der Waals surface area contributed by atoms with Crippen LogP contribution in [0.1, 0.15) is 5.56 Å². The van der Waals surface area contributed by atoms with Crippen LogP contribution >= 0.6 is 11.3 Å². The van der Waals surface area contributed by atoms with E-state index in [0.717, 1.165) is 16.5 Å². The molecule has 130 valence electrons. The lowest BCUT2D eigenvalue weighted by molar-refractivity contribution is -0.120. The number of nitrogens with one attached hydrogen (secondary N) is 2. The highest BCUT2D eigenvalue weighted by Gasteiger charge is 2.09. The fourth-order valence-electron chi connectivity index (χ4n) is 2.50. The summed E-state index contributed by atoms with van der Waals surface area (Å²) in [6.07, 6.45) is 3.37. The first-order chi connectivity index (χ1) is 12.7. The number of aromatic amines is 1. The first kappa shape index (κ1) is 16.2. The Kier molecular flexibility index (Phi) is 4.32. The molecular formula is C18H13FN4O2S. The van der Waals surface area contributed by atoms with Crippen LogP contribution < -0.4 is 5.32 Å². The van der Waals surface area contributed by atoms with Gasteiger partial charge >= 0.3 is 0 Å². The summed E-state index contributed by atoms with van der Waals surface area (Å²) in [7, 11) is 0. The SMILES string of the molecule is O=C(CO/N=C/c1c[nH]c2ccccc12)Nc1nc2ccc(F)cc2s1. The van der Waals surface area contributed by atoms with Crippen molar-refractivity contribution in [3.05, 3.63) is 60.0 Å². The van der Waals surface area contributed by atoms with Gasteiger partial charge in [-0.2, -0.15) is 0 Å². The Morgan fingerprint density at radius 1 is 1.35 bits per heavy atom. The molecule has 2 N–H and O–H groups in total. The van der Waals surface area contributed by atoms with Gasteiger partial charge in [0, 0.05) is 22.7 Å². The molecule has 0 aliphatic rings. The lowest BCUT2D eigenvalue weighted by Gasteiger charge is -1.99. The number of oxime groups is 1. The summed E-state index contributed by atoms with van der Waals surface area (Å²) in [5, 5.41) is 7.85. The average molecular weight is 368 g/mol. The normalized spacial score (nSPS) is 11.4. The number of H-pyrrole nitrogens is 1. The van der Waals surface area contributed by atoms with E-state index in [-0.39, 0.29) is 18.3 Å². The predicted molar refractivity (Wildman–Crippen MR) is 100 cm³/mol. The van der Waals surface area contributed by atoms with Crippen LogP contribution in [0.5, 0.6) is 0 Å². The number of halogens is 1. The maximum Gasteiger partial charge on any atom is 0.266 e. The Morgan fingerprint density at radius 3 is 3.15 bits per heavy atom. The standard InChI is InChI=1S/C18H13FN4O2S/c19-12-5-6-15-16(7-12)26-18(22-15)23-17(24)10-25-21-9-11-8-20-14-4-2-1-3-13(11)14/h1-9,20H,10H2,(H,22,23,24)/b21-9+. The number of hydrogen-bond acceptors (Lipinski definition) is 5. The first-order valence-electron chi connectivity index (χ1n) is 7.76. The summed E-state index contributed by atoms with van der Waals surface area (Å²) in [6, 6.07) is 12.1. The van der Waals surface area contributed by atoms with Gasteiger partial charge in [0.2, 0.25) is 0 Å². The molecule has 0 radical (unpaired) electrons. The van der Waals surface area contributed by atoms with Crippen molar-refractivity contribution in [2.24, 2.45) is 5.16 Å². The number of anilines is 1. The predicted octanol–water partition coefficient (Wildman–Crippen LogP) is 3.91. The van der Waals surface area contributed by atoms with Crippen LogP contribution in [0.4, 0.5) is 9.52 Å². The maximum absolute atomic E-state index is 13.2. The molecule has 0 bridgehead atoms. The number of rotatable bonds is 5. The van der Waals surface area contributed by atoms with Crippen molar-refractivity contribution in [3.63, 3.8) is 0 Å². The number of aromatic nitrogens is 2. The van der Waals surface area contributed by atoms with Crippen LogP contribution in [0.3, 0.4) is 0 Å². The molecule has 4 rings (SSSR count). The van der Waals surface area contributed by atoms with Gasteiger partial charge in [0.15, 0.2) is 11.7 Å². The second-order valence-electron chi connectivity index (χ2n) is 5.48. The molecule has 6 nitrogen and oxygen atoms in total. The molecule has 0 saturated heterocycles. The highest BCUT2D eigenvalue weighted by atomic mass is 32.1. The Labute approximate surface area is 151 Å². The second kappa shape index (κ2) is 6.93. The topological polar surface area (TPSA) is 79.4 Å². The third-order valence-corrected chi connectivity index (χ3v) is 4.61. The number of fused-ring (bicyclic) bond motifs is 2. The van der Waals surface area contributed by atoms with Crippen molar-refractivity contribution < 1.29 is 14.0 Å². The van der Waals surface area contributed by atoms with E-state index >= 15 is 0 Å². The number of benzene rings is 2. The lowest BCUT2D eigenvalue weighted by atomic mass is 10.2. The fourth-order valence-corrected chi connectivity index (χ4v) is 3.40. The summed E-state index contributed by atoms with van der Waals surface area (Å²) in [4.78, 5) is 24.3. The number of carbonyl (C=O) groups excluding carboxylic acids is 1. The van der Waals surface area contributed by atoms with E-state index in [2.05, 4.69) is 20.4 Å². The molecule has 8 heteroatoms. The minimum Gasteiger partial charge on any atom is -0.386 e. The van der Waals surface area contributed by atoms with Crippen molar-refractivity contribution in [1.82, 2.24) is 9.97 Å². The number of thiazole rings is 1. The number of nitrogens with zero attached hydrogens (tertiary/aromatic N) is 2. The van der Waals surface area contributed by atoms with Gasteiger partial charge in [-0.3, -0.25) is 10.1 Å². The van der Waals surface area contributed by atoms with Crippen LogP contribution in [0.15, 0.2) is 53.8 Å². The van der Waals surface area contributed by atoms with Crippen molar-refractivity contribution in [1.29, 1.82) is 0 Å². The van der Waals surface area contributed by atoms with Crippen LogP contribution in [-0.2, 0) is 9.63 Å². The first-order valence-corrected chi connectivity index (χ1v) is 8.58. The van der Waals surface area contributed by atoms with Crippen LogP contribution in [0, 0.1) is 5.82 Å². The fraction of sp³-hybridized carbons (Fsp3) is 0.0556. The Hall–Kier alpha value is -3.26. The zero-order valence-electron chi connectivity index (χ0n) is 13.4. The van der Waals surface area contributed by atoms with Gasteiger partial charge in [0.25, 0.3) is 5.91 Å². The van der Waals surface area contributed by atoms with E-state index in [1.807, 2.05) is 30.5 Å². The molecule has 0 saturated carbocycles. The molecule has 1 amide bonds. The largest absolute Gasteiger partial charge is 0.386 e. The number of hydrogen-bond donors (Lipinski definition) is 2. The molecule has 4 aromatic rings. The van der Waals surface area contributed by atoms with Crippen LogP contribution in [0.25, 0.3) is 21.1 Å². The van der Waals surface area contributed by atoms with E-state index in [1.165, 1.54) is 23.5 Å². The Balaban J connectivity index is 1.34. The molecule has 0 spiro atoms. The molecule has 0 atom stereocenters. The van der Waals surface area contributed by atoms with Gasteiger partial charge in [0.05, 0.1) is 16.4 Å². The van der Waals surface area contributed by atoms with Crippen molar-refractivity contribution >= 4 is 49.7 Å². The molecule has 2 aromatic heterocycles.